The van der Waals surface area contributed by atoms with E-state index in [2.05, 4.69) is 15.3 Å². The molecule has 7 nitrogen and oxygen atoms in total. The normalized spacial score (nSPS) is 10.7. The Morgan fingerprint density at radius 1 is 1.20 bits per heavy atom. The number of hydrogen-bond acceptors (Lipinski definition) is 5. The zero-order valence-electron chi connectivity index (χ0n) is 14.4. The van der Waals surface area contributed by atoms with Crippen LogP contribution in [0.4, 0.5) is 0 Å². The van der Waals surface area contributed by atoms with Gasteiger partial charge in [-0.2, -0.15) is 0 Å². The Balaban J connectivity index is 1.67. The smallest absolute Gasteiger partial charge is 0.251 e. The minimum atomic E-state index is -0.170. The van der Waals surface area contributed by atoms with Gasteiger partial charge in [0.2, 0.25) is 0 Å². The van der Waals surface area contributed by atoms with Crippen LogP contribution in [0.1, 0.15) is 16.2 Å². The molecule has 0 fully saturated rings. The highest BCUT2D eigenvalue weighted by Gasteiger charge is 2.12. The molecule has 1 N–H and O–H groups in total. The number of hydrogen-bond donors (Lipinski definition) is 1. The fourth-order valence-electron chi connectivity index (χ4n) is 2.70. The molecule has 0 saturated carbocycles. The fraction of sp³-hybridized carbons (Fsp3) is 0.278. The number of fused-ring (bicyclic) bond motifs is 1. The van der Waals surface area contributed by atoms with E-state index in [0.717, 1.165) is 17.0 Å². The van der Waals surface area contributed by atoms with Gasteiger partial charge in [-0.15, -0.1) is 0 Å². The second kappa shape index (κ2) is 7.21. The zero-order chi connectivity index (χ0) is 17.8. The molecule has 0 aliphatic rings. The Hall–Kier alpha value is -3.09. The zero-order valence-corrected chi connectivity index (χ0v) is 14.4. The first-order valence-corrected chi connectivity index (χ1v) is 7.92. The minimum absolute atomic E-state index is 0.170. The van der Waals surface area contributed by atoms with E-state index in [1.54, 1.807) is 38.6 Å². The van der Waals surface area contributed by atoms with Gasteiger partial charge in [0.25, 0.3) is 5.91 Å². The molecule has 0 spiro atoms. The Bertz CT molecular complexity index is 904. The van der Waals surface area contributed by atoms with Crippen LogP contribution in [-0.4, -0.2) is 41.2 Å². The van der Waals surface area contributed by atoms with Crippen molar-refractivity contribution in [2.24, 2.45) is 0 Å². The molecule has 0 aliphatic heterocycles. The number of aryl methyl sites for hydroxylation is 1. The molecule has 1 aromatic carbocycles. The van der Waals surface area contributed by atoms with E-state index in [0.29, 0.717) is 30.2 Å². The Labute approximate surface area is 145 Å². The molecule has 3 aromatic rings. The topological polar surface area (TPSA) is 78.3 Å². The number of carbonyl (C=O) groups excluding carboxylic acids is 1. The average molecular weight is 340 g/mol. The summed E-state index contributed by atoms with van der Waals surface area (Å²) in [6.07, 6.45) is 1.74. The molecule has 3 rings (SSSR count). The van der Waals surface area contributed by atoms with Crippen molar-refractivity contribution >= 4 is 17.1 Å². The lowest BCUT2D eigenvalue weighted by atomic mass is 10.2. The molecule has 25 heavy (non-hydrogen) atoms. The van der Waals surface area contributed by atoms with E-state index < -0.39 is 0 Å². The summed E-state index contributed by atoms with van der Waals surface area (Å²) in [4.78, 5) is 21.2. The number of carbonyl (C=O) groups is 1. The van der Waals surface area contributed by atoms with Crippen LogP contribution in [0, 0.1) is 6.92 Å². The number of nitrogens with zero attached hydrogens (tertiary/aromatic N) is 3. The van der Waals surface area contributed by atoms with Crippen LogP contribution in [-0.2, 0) is 6.54 Å². The number of benzene rings is 1. The Kier molecular flexibility index (Phi) is 4.83. The molecule has 7 heteroatoms. The average Bonchev–Trinajstić information content (AvgIpc) is 2.96. The number of methoxy groups -OCH3 is 2. The van der Waals surface area contributed by atoms with Gasteiger partial charge < -0.3 is 19.4 Å². The van der Waals surface area contributed by atoms with E-state index in [1.807, 2.05) is 23.6 Å². The maximum atomic E-state index is 12.3. The molecular formula is C18H20N4O3. The Morgan fingerprint density at radius 3 is 2.76 bits per heavy atom. The quantitative estimate of drug-likeness (QED) is 0.744. The number of nitrogens with one attached hydrogen (secondary N) is 1. The SMILES string of the molecule is COc1ccc(C(=O)NCCn2c(C)nc3cccnc32)cc1OC. The standard InChI is InChI=1S/C18H20N4O3/c1-12-21-14-5-4-8-19-17(14)22(12)10-9-20-18(23)13-6-7-15(24-2)16(11-13)25-3/h4-8,11H,9-10H2,1-3H3,(H,20,23). The maximum Gasteiger partial charge on any atom is 0.251 e. The molecule has 0 unspecified atom stereocenters. The maximum absolute atomic E-state index is 12.3. The van der Waals surface area contributed by atoms with E-state index in [4.69, 9.17) is 9.47 Å². The van der Waals surface area contributed by atoms with Crippen LogP contribution >= 0.6 is 0 Å². The van der Waals surface area contributed by atoms with Crippen molar-refractivity contribution in [2.45, 2.75) is 13.5 Å². The second-order valence-corrected chi connectivity index (χ2v) is 5.48. The number of aromatic nitrogens is 3. The largest absolute Gasteiger partial charge is 0.493 e. The van der Waals surface area contributed by atoms with Gasteiger partial charge in [0, 0.05) is 24.8 Å². The molecule has 2 aromatic heterocycles. The molecule has 0 saturated heterocycles. The molecular weight excluding hydrogens is 320 g/mol. The van der Waals surface area contributed by atoms with Gasteiger partial charge in [0.15, 0.2) is 17.1 Å². The van der Waals surface area contributed by atoms with Crippen LogP contribution in [0.15, 0.2) is 36.5 Å². The van der Waals surface area contributed by atoms with Crippen molar-refractivity contribution in [1.29, 1.82) is 0 Å². The van der Waals surface area contributed by atoms with Crippen LogP contribution in [0.25, 0.3) is 11.2 Å². The number of ether oxygens (including phenoxy) is 2. The summed E-state index contributed by atoms with van der Waals surface area (Å²) in [7, 11) is 3.10. The second-order valence-electron chi connectivity index (χ2n) is 5.48. The lowest BCUT2D eigenvalue weighted by molar-refractivity contribution is 0.0952. The lowest BCUT2D eigenvalue weighted by Crippen LogP contribution is -2.27. The summed E-state index contributed by atoms with van der Waals surface area (Å²) >= 11 is 0. The third kappa shape index (κ3) is 3.40. The van der Waals surface area contributed by atoms with Gasteiger partial charge >= 0.3 is 0 Å². The van der Waals surface area contributed by atoms with E-state index in [1.165, 1.54) is 0 Å². The predicted octanol–water partition coefficient (Wildman–Crippen LogP) is 2.19. The predicted molar refractivity (Wildman–Crippen MR) is 94.1 cm³/mol. The van der Waals surface area contributed by atoms with Gasteiger partial charge in [-0.1, -0.05) is 0 Å². The van der Waals surface area contributed by atoms with Crippen LogP contribution in [0.3, 0.4) is 0 Å². The van der Waals surface area contributed by atoms with E-state index in [-0.39, 0.29) is 5.91 Å². The Morgan fingerprint density at radius 2 is 2.00 bits per heavy atom. The molecule has 0 bridgehead atoms. The van der Waals surface area contributed by atoms with Crippen molar-refractivity contribution < 1.29 is 14.3 Å². The number of imidazole rings is 1. The van der Waals surface area contributed by atoms with Gasteiger partial charge in [-0.3, -0.25) is 4.79 Å². The number of pyridine rings is 1. The van der Waals surface area contributed by atoms with E-state index >= 15 is 0 Å². The molecule has 1 amide bonds. The highest BCUT2D eigenvalue weighted by Crippen LogP contribution is 2.27. The summed E-state index contributed by atoms with van der Waals surface area (Å²) < 4.78 is 12.4. The monoisotopic (exact) mass is 340 g/mol. The molecule has 130 valence electrons. The first kappa shape index (κ1) is 16.8. The molecule has 0 atom stereocenters. The minimum Gasteiger partial charge on any atom is -0.493 e. The van der Waals surface area contributed by atoms with Crippen molar-refractivity contribution in [2.75, 3.05) is 20.8 Å². The molecule has 0 radical (unpaired) electrons. The fourth-order valence-corrected chi connectivity index (χ4v) is 2.70. The van der Waals surface area contributed by atoms with Gasteiger partial charge in [0.1, 0.15) is 11.3 Å². The van der Waals surface area contributed by atoms with Crippen LogP contribution in [0.5, 0.6) is 11.5 Å². The van der Waals surface area contributed by atoms with Crippen molar-refractivity contribution in [1.82, 2.24) is 19.9 Å². The highest BCUT2D eigenvalue weighted by atomic mass is 16.5. The summed E-state index contributed by atoms with van der Waals surface area (Å²) in [5, 5.41) is 2.91. The summed E-state index contributed by atoms with van der Waals surface area (Å²) in [5.74, 6) is 1.81. The van der Waals surface area contributed by atoms with Gasteiger partial charge in [-0.25, -0.2) is 9.97 Å². The molecule has 0 aliphatic carbocycles. The van der Waals surface area contributed by atoms with E-state index in [9.17, 15) is 4.79 Å². The first-order valence-electron chi connectivity index (χ1n) is 7.92. The third-order valence-electron chi connectivity index (χ3n) is 3.96. The summed E-state index contributed by atoms with van der Waals surface area (Å²) in [6, 6.07) is 8.86. The van der Waals surface area contributed by atoms with Gasteiger partial charge in [-0.05, 0) is 37.3 Å². The van der Waals surface area contributed by atoms with Crippen LogP contribution in [0.2, 0.25) is 0 Å². The van der Waals surface area contributed by atoms with Crippen molar-refractivity contribution in [3.63, 3.8) is 0 Å². The molecule has 2 heterocycles. The lowest BCUT2D eigenvalue weighted by Gasteiger charge is -2.11. The number of amides is 1. The van der Waals surface area contributed by atoms with Crippen LogP contribution < -0.4 is 14.8 Å². The first-order chi connectivity index (χ1) is 12.1. The summed E-state index contributed by atoms with van der Waals surface area (Å²) in [6.45, 7) is 2.99. The van der Waals surface area contributed by atoms with Crippen molar-refractivity contribution in [3.8, 4) is 11.5 Å². The number of rotatable bonds is 6. The van der Waals surface area contributed by atoms with Crippen molar-refractivity contribution in [3.05, 3.63) is 47.9 Å². The highest BCUT2D eigenvalue weighted by molar-refractivity contribution is 5.94. The third-order valence-corrected chi connectivity index (χ3v) is 3.96. The van der Waals surface area contributed by atoms with Gasteiger partial charge in [0.05, 0.1) is 14.2 Å². The summed E-state index contributed by atoms with van der Waals surface area (Å²) in [5.41, 5.74) is 2.19.